The van der Waals surface area contributed by atoms with E-state index < -0.39 is 127 Å². The summed E-state index contributed by atoms with van der Waals surface area (Å²) >= 11 is 3.80. The molecule has 2 heterocycles. The van der Waals surface area contributed by atoms with Crippen molar-refractivity contribution in [1.29, 1.82) is 0 Å². The van der Waals surface area contributed by atoms with Gasteiger partial charge in [-0.3, -0.25) is 57.9 Å². The minimum Gasteiger partial charge on any atom is -0.481 e. The van der Waals surface area contributed by atoms with Crippen molar-refractivity contribution in [3.05, 3.63) is 52.1 Å². The fourth-order valence-corrected chi connectivity index (χ4v) is 6.41. The second-order valence-corrected chi connectivity index (χ2v) is 15.6. The lowest BCUT2D eigenvalue weighted by Crippen LogP contribution is -2.59. The minimum absolute atomic E-state index is 0.00875. The molecule has 6 amide bonds. The molecule has 0 fully saturated rings. The van der Waals surface area contributed by atoms with Gasteiger partial charge < -0.3 is 74.8 Å². The third-order valence-corrected chi connectivity index (χ3v) is 10.0. The maximum atomic E-state index is 13.7. The zero-order valence-corrected chi connectivity index (χ0v) is 38.4. The number of hydrogen-bond donors (Lipinski definition) is 16. The van der Waals surface area contributed by atoms with Crippen molar-refractivity contribution < 1.29 is 68.4 Å². The summed E-state index contributed by atoms with van der Waals surface area (Å²) in [5.41, 5.74) is 17.1. The van der Waals surface area contributed by atoms with E-state index in [1.165, 1.54) is 18.3 Å². The third-order valence-electron chi connectivity index (χ3n) is 9.67. The minimum atomic E-state index is -2.03. The molecule has 71 heavy (non-hydrogen) atoms. The van der Waals surface area contributed by atoms with Crippen LogP contribution in [0.1, 0.15) is 67.4 Å². The lowest BCUT2D eigenvalue weighted by molar-refractivity contribution is -0.144. The molecule has 384 valence electrons. The SMILES string of the molecule is NC(N)=NCCC[C@H](NC(=O)[C@H](CCC(=O)O)NC(=O)CCCNC(=O)c1ccc(NCc2cnc3nc(N)[nH]c(=O)c3n2)cc1)C(=O)N[C@@H](CC(=O)O)C(=O)N[C@@H](CC(=O)O)C(=O)N[C@@H](CS)C(=O)O. The molecule has 31 heteroatoms. The molecule has 0 unspecified atom stereocenters. The smallest absolute Gasteiger partial charge is 0.327 e. The third kappa shape index (κ3) is 19.9. The molecular formula is C40H53N15O15S. The average Bonchev–Trinajstić information content (AvgIpc) is 3.30. The number of hydrogen-bond acceptors (Lipinski definition) is 18. The number of aliphatic imine (C=N–C) groups is 1. The van der Waals surface area contributed by atoms with Crippen LogP contribution in [0.15, 0.2) is 40.2 Å². The summed E-state index contributed by atoms with van der Waals surface area (Å²) in [6.45, 7) is 0.0615. The van der Waals surface area contributed by atoms with Gasteiger partial charge >= 0.3 is 23.9 Å². The second-order valence-electron chi connectivity index (χ2n) is 15.2. The standard InChI is InChI=1S/C40H53N15O15S/c41-39(42)45-12-1-3-21(33(64)51-23(13-28(59)60)35(66)52-24(14-29(61)62)36(67)53-25(17-71)38(69)70)50-34(65)22(9-10-27(57)58)49-26(56)4-2-11-44-32(63)18-5-7-19(8-6-18)46-15-20-16-47-31-30(48-20)37(68)55-40(43)54-31/h5-8,16,21-25,46,71H,1-4,9-15,17H2,(H,44,63)(H,49,56)(H,50,65)(H,51,64)(H,52,66)(H,53,67)(H,57,58)(H,59,60)(H,61,62)(H,69,70)(H4,41,42,45)(H3,43,47,54,55,68)/t21-,22-,23-,24-,25-/m0/s1. The molecule has 3 rings (SSSR count). The number of nitrogen functional groups attached to an aromatic ring is 1. The van der Waals surface area contributed by atoms with Gasteiger partial charge in [0, 0.05) is 42.9 Å². The molecule has 0 aliphatic rings. The van der Waals surface area contributed by atoms with Crippen LogP contribution in [0.2, 0.25) is 0 Å². The monoisotopic (exact) mass is 1020 g/mol. The Balaban J connectivity index is 1.65. The molecule has 18 N–H and O–H groups in total. The summed E-state index contributed by atoms with van der Waals surface area (Å²) in [7, 11) is 0. The number of carboxylic acid groups (broad SMARTS) is 4. The Hall–Kier alpha value is -8.64. The van der Waals surface area contributed by atoms with Crippen molar-refractivity contribution in [3.63, 3.8) is 0 Å². The van der Waals surface area contributed by atoms with Crippen LogP contribution in [-0.2, 0) is 49.7 Å². The first-order valence-electron chi connectivity index (χ1n) is 21.3. The van der Waals surface area contributed by atoms with Crippen molar-refractivity contribution in [2.45, 2.75) is 88.1 Å². The van der Waals surface area contributed by atoms with E-state index in [0.717, 1.165) is 0 Å². The number of benzene rings is 1. The first-order chi connectivity index (χ1) is 33.6. The number of guanidine groups is 1. The van der Waals surface area contributed by atoms with E-state index in [4.69, 9.17) is 17.2 Å². The van der Waals surface area contributed by atoms with E-state index in [2.05, 4.69) is 64.1 Å². The number of thiol groups is 1. The van der Waals surface area contributed by atoms with Crippen LogP contribution >= 0.6 is 12.6 Å². The second kappa shape index (κ2) is 28.0. The fraction of sp³-hybridized carbons (Fsp3) is 0.425. The Kier molecular flexibility index (Phi) is 22.4. The van der Waals surface area contributed by atoms with E-state index in [1.807, 2.05) is 10.6 Å². The zero-order chi connectivity index (χ0) is 52.8. The number of aliphatic carboxylic acids is 4. The van der Waals surface area contributed by atoms with E-state index in [9.17, 15) is 73.2 Å². The van der Waals surface area contributed by atoms with Crippen LogP contribution < -0.4 is 60.0 Å². The number of H-pyrrole nitrogens is 1. The van der Waals surface area contributed by atoms with E-state index in [-0.39, 0.29) is 74.0 Å². The van der Waals surface area contributed by atoms with Crippen molar-refractivity contribution in [1.82, 2.24) is 51.8 Å². The van der Waals surface area contributed by atoms with Gasteiger partial charge in [0.25, 0.3) is 11.5 Å². The lowest BCUT2D eigenvalue weighted by Gasteiger charge is -2.26. The van der Waals surface area contributed by atoms with Gasteiger partial charge in [0.2, 0.25) is 35.5 Å². The number of anilines is 2. The molecule has 30 nitrogen and oxygen atoms in total. The number of amides is 6. The van der Waals surface area contributed by atoms with Gasteiger partial charge in [0.05, 0.1) is 31.3 Å². The fourth-order valence-electron chi connectivity index (χ4n) is 6.16. The molecule has 0 spiro atoms. The quantitative estimate of drug-likeness (QED) is 0.0130. The number of aromatic amines is 1. The van der Waals surface area contributed by atoms with E-state index in [1.54, 1.807) is 12.1 Å². The maximum absolute atomic E-state index is 13.7. The molecule has 2 aromatic heterocycles. The van der Waals surface area contributed by atoms with E-state index >= 15 is 0 Å². The molecule has 0 aliphatic heterocycles. The molecule has 1 aromatic carbocycles. The van der Waals surface area contributed by atoms with Crippen molar-refractivity contribution in [2.24, 2.45) is 16.5 Å². The maximum Gasteiger partial charge on any atom is 0.327 e. The lowest BCUT2D eigenvalue weighted by atomic mass is 10.1. The molecule has 0 aliphatic carbocycles. The molecule has 0 saturated carbocycles. The zero-order valence-electron chi connectivity index (χ0n) is 37.5. The number of rotatable bonds is 30. The summed E-state index contributed by atoms with van der Waals surface area (Å²) in [6, 6.07) is -2.53. The Morgan fingerprint density at radius 2 is 1.27 bits per heavy atom. The molecule has 0 saturated heterocycles. The predicted molar refractivity (Wildman–Crippen MR) is 250 cm³/mol. The van der Waals surface area contributed by atoms with Crippen LogP contribution in [0.5, 0.6) is 0 Å². The van der Waals surface area contributed by atoms with E-state index in [0.29, 0.717) is 11.4 Å². The van der Waals surface area contributed by atoms with Crippen LogP contribution in [0.3, 0.4) is 0 Å². The summed E-state index contributed by atoms with van der Waals surface area (Å²) in [6.07, 6.45) is -2.48. The molecule has 0 radical (unpaired) electrons. The highest BCUT2D eigenvalue weighted by atomic mass is 32.1. The first-order valence-corrected chi connectivity index (χ1v) is 21.9. The van der Waals surface area contributed by atoms with Gasteiger partial charge in [-0.25, -0.2) is 14.8 Å². The highest BCUT2D eigenvalue weighted by Gasteiger charge is 2.34. The van der Waals surface area contributed by atoms with Gasteiger partial charge in [0.15, 0.2) is 17.1 Å². The largest absolute Gasteiger partial charge is 0.481 e. The highest BCUT2D eigenvalue weighted by molar-refractivity contribution is 7.80. The number of nitrogens with one attached hydrogen (secondary N) is 8. The summed E-state index contributed by atoms with van der Waals surface area (Å²) in [5, 5.41) is 54.1. The summed E-state index contributed by atoms with van der Waals surface area (Å²) in [4.78, 5) is 156. The number of carbonyl (C=O) groups excluding carboxylic acids is 6. The summed E-state index contributed by atoms with van der Waals surface area (Å²) < 4.78 is 0. The Labute approximate surface area is 406 Å². The molecule has 3 aromatic rings. The predicted octanol–water partition coefficient (Wildman–Crippen LogP) is -4.28. The van der Waals surface area contributed by atoms with Gasteiger partial charge in [0.1, 0.15) is 30.2 Å². The number of carboxylic acids is 4. The number of aromatic nitrogens is 4. The number of nitrogens with two attached hydrogens (primary N) is 3. The van der Waals surface area contributed by atoms with Crippen LogP contribution in [0.25, 0.3) is 11.2 Å². The number of carbonyl (C=O) groups is 10. The number of nitrogens with zero attached hydrogens (tertiary/aromatic N) is 4. The Morgan fingerprint density at radius 1 is 0.704 bits per heavy atom. The highest BCUT2D eigenvalue weighted by Crippen LogP contribution is 2.12. The van der Waals surface area contributed by atoms with Gasteiger partial charge in [-0.05, 0) is 49.9 Å². The first kappa shape index (κ1) is 56.7. The Morgan fingerprint density at radius 3 is 1.82 bits per heavy atom. The number of fused-ring (bicyclic) bond motifs is 1. The van der Waals surface area contributed by atoms with Gasteiger partial charge in [-0.2, -0.15) is 17.6 Å². The Bertz CT molecular complexity index is 2540. The molecule has 0 bridgehead atoms. The van der Waals surface area contributed by atoms with Crippen LogP contribution in [-0.4, -0.2) is 155 Å². The average molecular weight is 1020 g/mol. The van der Waals surface area contributed by atoms with Gasteiger partial charge in [-0.1, -0.05) is 0 Å². The van der Waals surface area contributed by atoms with Crippen molar-refractivity contribution in [3.8, 4) is 0 Å². The van der Waals surface area contributed by atoms with Crippen LogP contribution in [0, 0.1) is 0 Å². The molecule has 5 atom stereocenters. The van der Waals surface area contributed by atoms with Crippen LogP contribution in [0.4, 0.5) is 11.6 Å². The summed E-state index contributed by atoms with van der Waals surface area (Å²) in [5.74, 6) is -13.2. The normalized spacial score (nSPS) is 12.9. The van der Waals surface area contributed by atoms with Crippen molar-refractivity contribution in [2.75, 3.05) is 29.9 Å². The van der Waals surface area contributed by atoms with Gasteiger partial charge in [-0.15, -0.1) is 0 Å². The van der Waals surface area contributed by atoms with Crippen molar-refractivity contribution >= 4 is 101 Å². The topological polar surface area (TPSA) is 498 Å². The molecular weight excluding hydrogens is 963 g/mol.